The van der Waals surface area contributed by atoms with Gasteiger partial charge in [0.25, 0.3) is 0 Å². The van der Waals surface area contributed by atoms with E-state index in [9.17, 15) is 4.79 Å². The van der Waals surface area contributed by atoms with Gasteiger partial charge in [-0.25, -0.2) is 9.78 Å². The number of thiazole rings is 1. The number of nitrogen functional groups attached to an aromatic ring is 1. The quantitative estimate of drug-likeness (QED) is 0.923. The van der Waals surface area contributed by atoms with Crippen molar-refractivity contribution in [3.05, 3.63) is 46.5 Å². The molecule has 1 fully saturated rings. The molecular weight excluding hydrogens is 298 g/mol. The van der Waals surface area contributed by atoms with Crippen molar-refractivity contribution in [1.82, 2.24) is 9.88 Å². The Morgan fingerprint density at radius 1 is 1.36 bits per heavy atom. The summed E-state index contributed by atoms with van der Waals surface area (Å²) in [5, 5.41) is 0.599. The Balaban J connectivity index is 1.49. The first-order chi connectivity index (χ1) is 10.7. The smallest absolute Gasteiger partial charge is 0.410 e. The molecule has 3 aliphatic rings. The average Bonchev–Trinajstić information content (AvgIpc) is 2.97. The topological polar surface area (TPSA) is 68.5 Å². The number of aromatic nitrogens is 1. The van der Waals surface area contributed by atoms with Crippen molar-refractivity contribution in [3.8, 4) is 0 Å². The van der Waals surface area contributed by atoms with Crippen LogP contribution in [0.25, 0.3) is 0 Å². The summed E-state index contributed by atoms with van der Waals surface area (Å²) in [6, 6.07) is 9.83. The highest BCUT2D eigenvalue weighted by Gasteiger charge is 2.43. The number of carbonyl (C=O) groups is 1. The maximum atomic E-state index is 12.4. The van der Waals surface area contributed by atoms with Gasteiger partial charge in [0, 0.05) is 12.5 Å². The molecule has 0 saturated carbocycles. The maximum Gasteiger partial charge on any atom is 0.410 e. The molecule has 0 spiro atoms. The van der Waals surface area contributed by atoms with Crippen LogP contribution in [0.5, 0.6) is 0 Å². The summed E-state index contributed by atoms with van der Waals surface area (Å²) in [7, 11) is 0. The van der Waals surface area contributed by atoms with Crippen LogP contribution in [0.3, 0.4) is 0 Å². The van der Waals surface area contributed by atoms with E-state index in [1.54, 1.807) is 0 Å². The zero-order chi connectivity index (χ0) is 15.1. The number of amides is 1. The van der Waals surface area contributed by atoms with Crippen LogP contribution in [0.2, 0.25) is 0 Å². The number of benzene rings is 1. The Hall–Kier alpha value is -2.08. The molecule has 0 radical (unpaired) electrons. The molecule has 2 aromatic rings. The number of anilines is 1. The first kappa shape index (κ1) is 13.6. The van der Waals surface area contributed by atoms with Crippen molar-refractivity contribution in [1.29, 1.82) is 0 Å². The zero-order valence-electron chi connectivity index (χ0n) is 12.1. The van der Waals surface area contributed by atoms with Crippen LogP contribution in [0.1, 0.15) is 40.9 Å². The average molecular weight is 315 g/mol. The van der Waals surface area contributed by atoms with Crippen molar-refractivity contribution in [2.45, 2.75) is 31.4 Å². The number of rotatable bonds is 2. The molecule has 3 heterocycles. The molecule has 2 unspecified atom stereocenters. The van der Waals surface area contributed by atoms with Gasteiger partial charge >= 0.3 is 6.09 Å². The van der Waals surface area contributed by atoms with E-state index in [4.69, 9.17) is 10.5 Å². The van der Waals surface area contributed by atoms with Crippen molar-refractivity contribution >= 4 is 22.6 Å². The number of hydrogen-bond acceptors (Lipinski definition) is 5. The second kappa shape index (κ2) is 5.28. The summed E-state index contributed by atoms with van der Waals surface area (Å²) >= 11 is 1.51. The molecule has 1 aromatic carbocycles. The summed E-state index contributed by atoms with van der Waals surface area (Å²) in [6.07, 6.45) is 1.81. The summed E-state index contributed by atoms with van der Waals surface area (Å²) in [4.78, 5) is 19.9. The second-order valence-electron chi connectivity index (χ2n) is 5.78. The Kier molecular flexibility index (Phi) is 3.26. The van der Waals surface area contributed by atoms with Crippen LogP contribution < -0.4 is 5.73 Å². The molecule has 5 rings (SSSR count). The monoisotopic (exact) mass is 315 g/mol. The number of nitrogens with zero attached hydrogens (tertiary/aromatic N) is 2. The van der Waals surface area contributed by atoms with Crippen molar-refractivity contribution in [3.63, 3.8) is 0 Å². The molecule has 114 valence electrons. The molecule has 1 aromatic heterocycles. The first-order valence-corrected chi connectivity index (χ1v) is 8.27. The highest BCUT2D eigenvalue weighted by atomic mass is 32.1. The minimum absolute atomic E-state index is 0.0815. The molecule has 1 amide bonds. The van der Waals surface area contributed by atoms with Crippen LogP contribution in [0.4, 0.5) is 9.93 Å². The van der Waals surface area contributed by atoms with E-state index in [-0.39, 0.29) is 12.1 Å². The molecular formula is C16H17N3O2S. The number of fused-ring (bicyclic) bond motifs is 2. The fourth-order valence-corrected chi connectivity index (χ4v) is 4.43. The molecule has 1 aliphatic carbocycles. The summed E-state index contributed by atoms with van der Waals surface area (Å²) in [6.45, 7) is 1.000. The molecule has 2 bridgehead atoms. The zero-order valence-corrected chi connectivity index (χ0v) is 12.9. The molecule has 1 saturated heterocycles. The number of ether oxygens (including phenoxy) is 1. The van der Waals surface area contributed by atoms with Crippen LogP contribution >= 0.6 is 11.3 Å². The highest BCUT2D eigenvalue weighted by molar-refractivity contribution is 7.15. The van der Waals surface area contributed by atoms with Gasteiger partial charge in [-0.1, -0.05) is 41.7 Å². The predicted octanol–water partition coefficient (Wildman–Crippen LogP) is 3.30. The summed E-state index contributed by atoms with van der Waals surface area (Å²) in [5.74, 6) is 0.304. The number of nitrogens with two attached hydrogens (primary N) is 1. The predicted molar refractivity (Wildman–Crippen MR) is 84.6 cm³/mol. The van der Waals surface area contributed by atoms with E-state index in [0.717, 1.165) is 29.0 Å². The lowest BCUT2D eigenvalue weighted by molar-refractivity contribution is 0.0565. The minimum Gasteiger partial charge on any atom is -0.445 e. The van der Waals surface area contributed by atoms with Gasteiger partial charge in [-0.05, 0) is 18.4 Å². The minimum atomic E-state index is -0.240. The normalized spacial score (nSPS) is 22.5. The number of piperidine rings is 1. The third-order valence-corrected chi connectivity index (χ3v) is 5.41. The Morgan fingerprint density at radius 3 is 3.00 bits per heavy atom. The van der Waals surface area contributed by atoms with Crippen molar-refractivity contribution < 1.29 is 9.53 Å². The van der Waals surface area contributed by atoms with Gasteiger partial charge in [0.1, 0.15) is 6.61 Å². The molecule has 2 atom stereocenters. The molecule has 22 heavy (non-hydrogen) atoms. The third-order valence-electron chi connectivity index (χ3n) is 4.41. The third kappa shape index (κ3) is 2.23. The van der Waals surface area contributed by atoms with Crippen LogP contribution in [-0.2, 0) is 11.3 Å². The van der Waals surface area contributed by atoms with E-state index in [1.165, 1.54) is 11.3 Å². The van der Waals surface area contributed by atoms with E-state index < -0.39 is 0 Å². The van der Waals surface area contributed by atoms with Gasteiger partial charge in [-0.3, -0.25) is 4.90 Å². The molecule has 2 aliphatic heterocycles. The van der Waals surface area contributed by atoms with Gasteiger partial charge in [-0.15, -0.1) is 0 Å². The summed E-state index contributed by atoms with van der Waals surface area (Å²) < 4.78 is 5.48. The van der Waals surface area contributed by atoms with Gasteiger partial charge < -0.3 is 10.5 Å². The molecule has 5 nitrogen and oxygen atoms in total. The maximum absolute atomic E-state index is 12.4. The van der Waals surface area contributed by atoms with E-state index in [0.29, 0.717) is 24.2 Å². The van der Waals surface area contributed by atoms with E-state index in [1.807, 2.05) is 35.2 Å². The van der Waals surface area contributed by atoms with Gasteiger partial charge in [0.15, 0.2) is 5.13 Å². The van der Waals surface area contributed by atoms with Gasteiger partial charge in [0.2, 0.25) is 0 Å². The largest absolute Gasteiger partial charge is 0.445 e. The van der Waals surface area contributed by atoms with Gasteiger partial charge in [-0.2, -0.15) is 0 Å². The Morgan fingerprint density at radius 2 is 2.18 bits per heavy atom. The number of carbonyl (C=O) groups excluding carboxylic acids is 1. The van der Waals surface area contributed by atoms with Crippen molar-refractivity contribution in [2.24, 2.45) is 0 Å². The second-order valence-corrected chi connectivity index (χ2v) is 6.85. The lowest BCUT2D eigenvalue weighted by Gasteiger charge is -2.43. The number of hydrogen-bond donors (Lipinski definition) is 1. The first-order valence-electron chi connectivity index (χ1n) is 7.46. The Labute approximate surface area is 132 Å². The highest BCUT2D eigenvalue weighted by Crippen LogP contribution is 2.49. The fourth-order valence-electron chi connectivity index (χ4n) is 3.36. The molecule has 2 N–H and O–H groups in total. The lowest BCUT2D eigenvalue weighted by atomic mass is 9.82. The van der Waals surface area contributed by atoms with Crippen LogP contribution in [0, 0.1) is 0 Å². The Bertz CT molecular complexity index is 701. The SMILES string of the molecule is Nc1nc2c(s1)C1CCC2CN1C(=O)OCc1ccccc1. The van der Waals surface area contributed by atoms with Crippen LogP contribution in [-0.4, -0.2) is 22.5 Å². The van der Waals surface area contributed by atoms with Crippen molar-refractivity contribution in [2.75, 3.05) is 12.3 Å². The van der Waals surface area contributed by atoms with Gasteiger partial charge in [0.05, 0.1) is 16.6 Å². The van der Waals surface area contributed by atoms with E-state index in [2.05, 4.69) is 4.98 Å². The standard InChI is InChI=1S/C16H17N3O2S/c17-15-18-13-11-6-7-12(14(13)22-15)19(8-11)16(20)21-9-10-4-2-1-3-5-10/h1-5,11-12H,6-9H2,(H2,17,18). The van der Waals surface area contributed by atoms with Crippen LogP contribution in [0.15, 0.2) is 30.3 Å². The van der Waals surface area contributed by atoms with E-state index >= 15 is 0 Å². The lowest BCUT2D eigenvalue weighted by Crippen LogP contribution is -2.45. The fraction of sp³-hybridized carbons (Fsp3) is 0.375. The molecule has 6 heteroatoms. The summed E-state index contributed by atoms with van der Waals surface area (Å²) in [5.41, 5.74) is 7.94.